The van der Waals surface area contributed by atoms with E-state index < -0.39 is 28.4 Å². The second kappa shape index (κ2) is 6.29. The van der Waals surface area contributed by atoms with Crippen LogP contribution in [-0.4, -0.2) is 15.5 Å². The first kappa shape index (κ1) is 17.1. The molecular formula is C16H11ClF3N3O2. The van der Waals surface area contributed by atoms with E-state index in [0.717, 1.165) is 12.1 Å². The quantitative estimate of drug-likeness (QED) is 0.740. The van der Waals surface area contributed by atoms with E-state index in [0.29, 0.717) is 11.0 Å². The minimum absolute atomic E-state index is 0.0605. The van der Waals surface area contributed by atoms with Gasteiger partial charge in [-0.05, 0) is 30.3 Å². The molecule has 0 saturated carbocycles. The van der Waals surface area contributed by atoms with Crippen LogP contribution in [0.2, 0.25) is 5.02 Å². The number of nitrogens with one attached hydrogen (secondary N) is 2. The highest BCUT2D eigenvalue weighted by Crippen LogP contribution is 2.36. The Morgan fingerprint density at radius 3 is 2.64 bits per heavy atom. The molecule has 0 fully saturated rings. The van der Waals surface area contributed by atoms with Gasteiger partial charge in [-0.2, -0.15) is 13.2 Å². The van der Waals surface area contributed by atoms with Gasteiger partial charge in [0.15, 0.2) is 0 Å². The molecule has 130 valence electrons. The molecule has 5 nitrogen and oxygen atoms in total. The summed E-state index contributed by atoms with van der Waals surface area (Å²) in [5.74, 6) is -0.637. The van der Waals surface area contributed by atoms with Crippen molar-refractivity contribution in [1.82, 2.24) is 9.55 Å². The van der Waals surface area contributed by atoms with Gasteiger partial charge in [-0.15, -0.1) is 0 Å². The number of amides is 1. The number of rotatable bonds is 3. The molecule has 2 N–H and O–H groups in total. The minimum Gasteiger partial charge on any atom is -0.325 e. The smallest absolute Gasteiger partial charge is 0.325 e. The molecule has 3 rings (SSSR count). The summed E-state index contributed by atoms with van der Waals surface area (Å²) in [6.07, 6.45) is -4.63. The van der Waals surface area contributed by atoms with Crippen molar-refractivity contribution in [1.29, 1.82) is 0 Å². The number of nitrogens with zero attached hydrogens (tertiary/aromatic N) is 1. The van der Waals surface area contributed by atoms with Crippen molar-refractivity contribution >= 4 is 34.2 Å². The standard InChI is InChI=1S/C16H11ClF3N3O2/c17-11-6-5-9(7-10(11)16(18,19)20)21-14(24)8-23-13-4-2-1-3-12(13)22-15(23)25/h1-7H,8H2,(H,21,24)(H,22,25). The predicted octanol–water partition coefficient (Wildman–Crippen LogP) is 3.64. The van der Waals surface area contributed by atoms with Crippen LogP contribution in [0.25, 0.3) is 11.0 Å². The molecule has 25 heavy (non-hydrogen) atoms. The number of carbonyl (C=O) groups excluding carboxylic acids is 1. The van der Waals surface area contributed by atoms with Gasteiger partial charge in [-0.3, -0.25) is 9.36 Å². The van der Waals surface area contributed by atoms with E-state index in [-0.39, 0.29) is 12.2 Å². The first-order chi connectivity index (χ1) is 11.8. The van der Waals surface area contributed by atoms with E-state index in [2.05, 4.69) is 10.3 Å². The predicted molar refractivity (Wildman–Crippen MR) is 87.6 cm³/mol. The minimum atomic E-state index is -4.63. The molecule has 0 saturated heterocycles. The van der Waals surface area contributed by atoms with Crippen LogP contribution >= 0.6 is 11.6 Å². The molecule has 0 aliphatic carbocycles. The van der Waals surface area contributed by atoms with Gasteiger partial charge >= 0.3 is 11.9 Å². The number of aromatic amines is 1. The maximum atomic E-state index is 12.9. The average molecular weight is 370 g/mol. The van der Waals surface area contributed by atoms with E-state index in [4.69, 9.17) is 11.6 Å². The van der Waals surface area contributed by atoms with Gasteiger partial charge in [0.05, 0.1) is 21.6 Å². The van der Waals surface area contributed by atoms with Gasteiger partial charge < -0.3 is 10.3 Å². The fourth-order valence-corrected chi connectivity index (χ4v) is 2.65. The Kier molecular flexibility index (Phi) is 4.30. The topological polar surface area (TPSA) is 66.9 Å². The van der Waals surface area contributed by atoms with E-state index in [1.807, 2.05) is 0 Å². The zero-order valence-electron chi connectivity index (χ0n) is 12.5. The van der Waals surface area contributed by atoms with Gasteiger partial charge in [0.25, 0.3) is 0 Å². The summed E-state index contributed by atoms with van der Waals surface area (Å²) < 4.78 is 39.8. The Balaban J connectivity index is 1.83. The van der Waals surface area contributed by atoms with Crippen molar-refractivity contribution in [2.24, 2.45) is 0 Å². The summed E-state index contributed by atoms with van der Waals surface area (Å²) >= 11 is 5.54. The van der Waals surface area contributed by atoms with Crippen LogP contribution in [0, 0.1) is 0 Å². The normalized spacial score (nSPS) is 11.7. The Labute approximate surface area is 144 Å². The molecule has 0 unspecified atom stereocenters. The Bertz CT molecular complexity index is 1010. The van der Waals surface area contributed by atoms with E-state index in [1.165, 1.54) is 10.6 Å². The van der Waals surface area contributed by atoms with Crippen molar-refractivity contribution in [2.45, 2.75) is 12.7 Å². The number of alkyl halides is 3. The lowest BCUT2D eigenvalue weighted by Crippen LogP contribution is -2.26. The summed E-state index contributed by atoms with van der Waals surface area (Å²) in [4.78, 5) is 26.6. The number of benzene rings is 2. The van der Waals surface area contributed by atoms with Gasteiger partial charge in [0.2, 0.25) is 5.91 Å². The maximum absolute atomic E-state index is 12.9. The number of anilines is 1. The molecule has 1 heterocycles. The van der Waals surface area contributed by atoms with Crippen LogP contribution in [0.5, 0.6) is 0 Å². The van der Waals surface area contributed by atoms with E-state index >= 15 is 0 Å². The Hall–Kier alpha value is -2.74. The second-order valence-corrected chi connectivity index (χ2v) is 5.68. The van der Waals surface area contributed by atoms with Crippen LogP contribution in [-0.2, 0) is 17.5 Å². The molecule has 3 aromatic rings. The summed E-state index contributed by atoms with van der Waals surface area (Å²) in [7, 11) is 0. The van der Waals surface area contributed by atoms with E-state index in [1.54, 1.807) is 24.3 Å². The van der Waals surface area contributed by atoms with Crippen LogP contribution < -0.4 is 11.0 Å². The lowest BCUT2D eigenvalue weighted by molar-refractivity contribution is -0.137. The number of fused-ring (bicyclic) bond motifs is 1. The number of aromatic nitrogens is 2. The number of halogens is 4. The number of imidazole rings is 1. The van der Waals surface area contributed by atoms with Crippen LogP contribution in [0.3, 0.4) is 0 Å². The third-order valence-corrected chi connectivity index (χ3v) is 3.87. The van der Waals surface area contributed by atoms with Gasteiger partial charge in [-0.25, -0.2) is 4.79 Å². The summed E-state index contributed by atoms with van der Waals surface area (Å²) in [5, 5.41) is 1.88. The number of hydrogen-bond donors (Lipinski definition) is 2. The van der Waals surface area contributed by atoms with Crippen molar-refractivity contribution < 1.29 is 18.0 Å². The molecule has 9 heteroatoms. The SMILES string of the molecule is O=C(Cn1c(=O)[nH]c2ccccc21)Nc1ccc(Cl)c(C(F)(F)F)c1. The van der Waals surface area contributed by atoms with Crippen LogP contribution in [0.15, 0.2) is 47.3 Å². The molecule has 1 aromatic heterocycles. The van der Waals surface area contributed by atoms with Gasteiger partial charge in [0, 0.05) is 5.69 Å². The zero-order chi connectivity index (χ0) is 18.2. The van der Waals surface area contributed by atoms with Crippen LogP contribution in [0.4, 0.5) is 18.9 Å². The van der Waals surface area contributed by atoms with Crippen molar-refractivity contribution in [2.75, 3.05) is 5.32 Å². The van der Waals surface area contributed by atoms with E-state index in [9.17, 15) is 22.8 Å². The molecule has 0 aliphatic heterocycles. The zero-order valence-corrected chi connectivity index (χ0v) is 13.3. The summed E-state index contributed by atoms with van der Waals surface area (Å²) in [5.41, 5.74) is -0.504. The average Bonchev–Trinajstić information content (AvgIpc) is 2.84. The highest BCUT2D eigenvalue weighted by Gasteiger charge is 2.33. The van der Waals surface area contributed by atoms with Crippen molar-refractivity contribution in [3.05, 3.63) is 63.5 Å². The lowest BCUT2D eigenvalue weighted by Gasteiger charge is -2.12. The molecular weight excluding hydrogens is 359 g/mol. The second-order valence-electron chi connectivity index (χ2n) is 5.27. The first-order valence-corrected chi connectivity index (χ1v) is 7.47. The third kappa shape index (κ3) is 3.53. The molecule has 0 bridgehead atoms. The van der Waals surface area contributed by atoms with Crippen molar-refractivity contribution in [3.63, 3.8) is 0 Å². The molecule has 1 amide bonds. The molecule has 0 spiro atoms. The fourth-order valence-electron chi connectivity index (χ4n) is 2.43. The fraction of sp³-hybridized carbons (Fsp3) is 0.125. The number of carbonyl (C=O) groups is 1. The Morgan fingerprint density at radius 2 is 1.92 bits per heavy atom. The molecule has 0 atom stereocenters. The number of H-pyrrole nitrogens is 1. The van der Waals surface area contributed by atoms with Crippen molar-refractivity contribution in [3.8, 4) is 0 Å². The third-order valence-electron chi connectivity index (χ3n) is 3.54. The molecule has 0 aliphatic rings. The number of para-hydroxylation sites is 2. The first-order valence-electron chi connectivity index (χ1n) is 7.10. The maximum Gasteiger partial charge on any atom is 0.417 e. The van der Waals surface area contributed by atoms with Gasteiger partial charge in [0.1, 0.15) is 6.54 Å². The van der Waals surface area contributed by atoms with Gasteiger partial charge in [-0.1, -0.05) is 23.7 Å². The number of hydrogen-bond acceptors (Lipinski definition) is 2. The lowest BCUT2D eigenvalue weighted by atomic mass is 10.2. The Morgan fingerprint density at radius 1 is 1.20 bits per heavy atom. The monoisotopic (exact) mass is 369 g/mol. The summed E-state index contributed by atoms with van der Waals surface area (Å²) in [6.45, 7) is -0.340. The molecule has 2 aromatic carbocycles. The molecule has 0 radical (unpaired) electrons. The highest BCUT2D eigenvalue weighted by atomic mass is 35.5. The largest absolute Gasteiger partial charge is 0.417 e. The highest BCUT2D eigenvalue weighted by molar-refractivity contribution is 6.31. The van der Waals surface area contributed by atoms with Crippen LogP contribution in [0.1, 0.15) is 5.56 Å². The summed E-state index contributed by atoms with van der Waals surface area (Å²) in [6, 6.07) is 9.84.